The van der Waals surface area contributed by atoms with E-state index in [4.69, 9.17) is 0 Å². The van der Waals surface area contributed by atoms with Gasteiger partial charge in [0.1, 0.15) is 4.90 Å². The molecule has 4 rings (SSSR count). The van der Waals surface area contributed by atoms with Crippen molar-refractivity contribution >= 4 is 21.4 Å². The van der Waals surface area contributed by atoms with Crippen LogP contribution in [0, 0.1) is 5.92 Å². The molecule has 1 fully saturated rings. The number of rotatable bonds is 3. The van der Waals surface area contributed by atoms with E-state index < -0.39 is 10.0 Å². The number of hydrogen-bond donors (Lipinski definition) is 1. The predicted molar refractivity (Wildman–Crippen MR) is 76.0 cm³/mol. The second kappa shape index (κ2) is 4.41. The maximum Gasteiger partial charge on any atom is 0.246 e. The van der Waals surface area contributed by atoms with Gasteiger partial charge in [-0.15, -0.1) is 11.3 Å². The molecule has 0 spiro atoms. The molecule has 2 aliphatic rings. The van der Waals surface area contributed by atoms with E-state index in [1.54, 1.807) is 15.6 Å². The predicted octanol–water partition coefficient (Wildman–Crippen LogP) is 2.17. The highest BCUT2D eigenvalue weighted by Gasteiger charge is 2.45. The van der Waals surface area contributed by atoms with E-state index in [0.29, 0.717) is 12.5 Å². The van der Waals surface area contributed by atoms with Crippen molar-refractivity contribution in [3.05, 3.63) is 34.3 Å². The largest absolute Gasteiger partial charge is 0.284 e. The molecule has 2 aromatic heterocycles. The lowest BCUT2D eigenvalue weighted by molar-refractivity contribution is 0.283. The zero-order chi connectivity index (χ0) is 13.7. The summed E-state index contributed by atoms with van der Waals surface area (Å²) < 4.78 is 27.3. The molecule has 1 unspecified atom stereocenters. The van der Waals surface area contributed by atoms with Crippen molar-refractivity contribution in [3.8, 4) is 0 Å². The molecule has 0 aromatic carbocycles. The molecule has 106 valence electrons. The molecular weight excluding hydrogens is 294 g/mol. The zero-order valence-corrected chi connectivity index (χ0v) is 12.5. The summed E-state index contributed by atoms with van der Waals surface area (Å²) in [6, 6.07) is 2.12. The second-order valence-corrected chi connectivity index (χ2v) is 8.27. The minimum absolute atomic E-state index is 0.0184. The Balaban J connectivity index is 1.79. The zero-order valence-electron chi connectivity index (χ0n) is 10.8. The molecule has 1 aliphatic carbocycles. The van der Waals surface area contributed by atoms with Crippen molar-refractivity contribution in [1.82, 2.24) is 14.5 Å². The summed E-state index contributed by atoms with van der Waals surface area (Å²) >= 11 is 1.74. The molecule has 5 nitrogen and oxygen atoms in total. The summed E-state index contributed by atoms with van der Waals surface area (Å²) in [5, 5.41) is 8.45. The monoisotopic (exact) mass is 309 g/mol. The second-order valence-electron chi connectivity index (χ2n) is 5.38. The molecule has 20 heavy (non-hydrogen) atoms. The molecule has 1 atom stereocenters. The molecule has 1 aliphatic heterocycles. The fourth-order valence-corrected chi connectivity index (χ4v) is 5.50. The highest BCUT2D eigenvalue weighted by molar-refractivity contribution is 7.89. The van der Waals surface area contributed by atoms with Crippen LogP contribution in [-0.4, -0.2) is 29.5 Å². The Labute approximate surface area is 121 Å². The van der Waals surface area contributed by atoms with Crippen molar-refractivity contribution in [2.75, 3.05) is 6.54 Å². The fourth-order valence-electron chi connectivity index (χ4n) is 3.01. The number of nitrogens with zero attached hydrogens (tertiary/aromatic N) is 2. The third-order valence-electron chi connectivity index (χ3n) is 4.12. The topological polar surface area (TPSA) is 66.1 Å². The van der Waals surface area contributed by atoms with E-state index in [9.17, 15) is 8.42 Å². The summed E-state index contributed by atoms with van der Waals surface area (Å²) in [4.78, 5) is 1.61. The molecule has 1 N–H and O–H groups in total. The lowest BCUT2D eigenvalue weighted by Crippen LogP contribution is -2.40. The number of hydrogen-bond acceptors (Lipinski definition) is 4. The van der Waals surface area contributed by atoms with E-state index in [1.165, 1.54) is 22.8 Å². The first kappa shape index (κ1) is 12.6. The SMILES string of the molecule is O=S(=O)(c1cn[nH]c1)N1CCc2sccc2C1C1CC1. The van der Waals surface area contributed by atoms with E-state index in [-0.39, 0.29) is 10.9 Å². The Kier molecular flexibility index (Phi) is 2.77. The van der Waals surface area contributed by atoms with Crippen molar-refractivity contribution in [3.63, 3.8) is 0 Å². The summed E-state index contributed by atoms with van der Waals surface area (Å²) in [6.45, 7) is 0.572. The van der Waals surface area contributed by atoms with Crippen LogP contribution < -0.4 is 0 Å². The molecule has 1 saturated carbocycles. The Morgan fingerprint density at radius 1 is 1.40 bits per heavy atom. The van der Waals surface area contributed by atoms with Gasteiger partial charge in [-0.3, -0.25) is 5.10 Å². The van der Waals surface area contributed by atoms with Gasteiger partial charge in [0, 0.05) is 17.6 Å². The van der Waals surface area contributed by atoms with Crippen molar-refractivity contribution in [2.24, 2.45) is 5.92 Å². The lowest BCUT2D eigenvalue weighted by Gasteiger charge is -2.34. The molecular formula is C13H15N3O2S2. The normalized spacial score (nSPS) is 23.7. The molecule has 0 amide bonds. The van der Waals surface area contributed by atoms with Crippen molar-refractivity contribution < 1.29 is 8.42 Å². The van der Waals surface area contributed by atoms with Crippen molar-refractivity contribution in [2.45, 2.75) is 30.2 Å². The average molecular weight is 309 g/mol. The lowest BCUT2D eigenvalue weighted by atomic mass is 9.98. The number of nitrogens with one attached hydrogen (secondary N) is 1. The Hall–Kier alpha value is -1.18. The quantitative estimate of drug-likeness (QED) is 0.945. The van der Waals surface area contributed by atoms with Crippen LogP contribution in [0.3, 0.4) is 0 Å². The van der Waals surface area contributed by atoms with Gasteiger partial charge >= 0.3 is 0 Å². The minimum Gasteiger partial charge on any atom is -0.284 e. The first-order valence-electron chi connectivity index (χ1n) is 6.75. The van der Waals surface area contributed by atoms with Crippen LogP contribution in [0.5, 0.6) is 0 Å². The summed E-state index contributed by atoms with van der Waals surface area (Å²) in [5.41, 5.74) is 1.22. The molecule has 7 heteroatoms. The smallest absolute Gasteiger partial charge is 0.246 e. The number of sulfonamides is 1. The average Bonchev–Trinajstić information content (AvgIpc) is 2.95. The Morgan fingerprint density at radius 2 is 2.25 bits per heavy atom. The van der Waals surface area contributed by atoms with E-state index >= 15 is 0 Å². The van der Waals surface area contributed by atoms with Crippen LogP contribution in [0.2, 0.25) is 0 Å². The van der Waals surface area contributed by atoms with Crippen LogP contribution in [0.4, 0.5) is 0 Å². The third kappa shape index (κ3) is 1.84. The number of H-pyrrole nitrogens is 1. The maximum absolute atomic E-state index is 12.8. The van der Waals surface area contributed by atoms with Crippen LogP contribution in [0.15, 0.2) is 28.7 Å². The van der Waals surface area contributed by atoms with E-state index in [2.05, 4.69) is 21.6 Å². The van der Waals surface area contributed by atoms with Crippen LogP contribution in [0.25, 0.3) is 0 Å². The number of aromatic amines is 1. The first-order valence-corrected chi connectivity index (χ1v) is 9.07. The summed E-state index contributed by atoms with van der Waals surface area (Å²) in [6.07, 6.45) is 5.91. The number of fused-ring (bicyclic) bond motifs is 1. The van der Waals surface area contributed by atoms with Gasteiger partial charge in [0.15, 0.2) is 0 Å². The fraction of sp³-hybridized carbons (Fsp3) is 0.462. The van der Waals surface area contributed by atoms with Gasteiger partial charge in [0.25, 0.3) is 0 Å². The first-order chi connectivity index (χ1) is 9.68. The number of aromatic nitrogens is 2. The molecule has 3 heterocycles. The maximum atomic E-state index is 12.8. The highest BCUT2D eigenvalue weighted by Crippen LogP contribution is 2.49. The van der Waals surface area contributed by atoms with Gasteiger partial charge in [-0.1, -0.05) is 0 Å². The van der Waals surface area contributed by atoms with Crippen LogP contribution >= 0.6 is 11.3 Å². The van der Waals surface area contributed by atoms with Crippen LogP contribution in [-0.2, 0) is 16.4 Å². The van der Waals surface area contributed by atoms with E-state index in [1.807, 2.05) is 0 Å². The minimum atomic E-state index is -3.45. The number of thiophene rings is 1. The molecule has 0 saturated heterocycles. The highest BCUT2D eigenvalue weighted by atomic mass is 32.2. The van der Waals surface area contributed by atoms with Crippen molar-refractivity contribution in [1.29, 1.82) is 0 Å². The third-order valence-corrected chi connectivity index (χ3v) is 6.96. The van der Waals surface area contributed by atoms with Gasteiger partial charge in [0.05, 0.1) is 12.2 Å². The Morgan fingerprint density at radius 3 is 2.95 bits per heavy atom. The molecule has 0 bridgehead atoms. The summed E-state index contributed by atoms with van der Waals surface area (Å²) in [5.74, 6) is 0.477. The summed E-state index contributed by atoms with van der Waals surface area (Å²) in [7, 11) is -3.45. The van der Waals surface area contributed by atoms with Crippen LogP contribution in [0.1, 0.15) is 29.3 Å². The van der Waals surface area contributed by atoms with Gasteiger partial charge in [-0.05, 0) is 42.2 Å². The van der Waals surface area contributed by atoms with Gasteiger partial charge < -0.3 is 0 Å². The standard InChI is InChI=1S/C13H15N3O2S2/c17-20(18,10-7-14-15-8-10)16-5-3-12-11(4-6-19-12)13(16)9-1-2-9/h4,6-9,13H,1-3,5H2,(H,14,15). The Bertz CT molecular complexity index is 717. The van der Waals surface area contributed by atoms with Gasteiger partial charge in [-0.2, -0.15) is 9.40 Å². The van der Waals surface area contributed by atoms with Gasteiger partial charge in [0.2, 0.25) is 10.0 Å². The molecule has 0 radical (unpaired) electrons. The van der Waals surface area contributed by atoms with E-state index in [0.717, 1.165) is 19.3 Å². The van der Waals surface area contributed by atoms with Gasteiger partial charge in [-0.25, -0.2) is 8.42 Å². The molecule has 2 aromatic rings.